The van der Waals surface area contributed by atoms with Crippen molar-refractivity contribution in [3.63, 3.8) is 0 Å². The van der Waals surface area contributed by atoms with Gasteiger partial charge in [0.2, 0.25) is 11.8 Å². The molecule has 0 saturated carbocycles. The first-order valence-corrected chi connectivity index (χ1v) is 29.4. The molecule has 15 nitrogen and oxygen atoms in total. The number of aryl methyl sites for hydroxylation is 2. The summed E-state index contributed by atoms with van der Waals surface area (Å²) in [4.78, 5) is 64.4. The number of halogens is 2. The minimum atomic E-state index is -0.599. The first kappa shape index (κ1) is 57.0. The van der Waals surface area contributed by atoms with E-state index in [2.05, 4.69) is 63.0 Å². The fourth-order valence-electron chi connectivity index (χ4n) is 12.2. The zero-order valence-electron chi connectivity index (χ0n) is 47.0. The van der Waals surface area contributed by atoms with Gasteiger partial charge in [0.25, 0.3) is 0 Å². The van der Waals surface area contributed by atoms with E-state index in [1.807, 2.05) is 122 Å². The lowest BCUT2D eigenvalue weighted by Crippen LogP contribution is -2.56. The Hall–Kier alpha value is -7.82. The Bertz CT molecular complexity index is 3460. The van der Waals surface area contributed by atoms with Crippen LogP contribution in [0.3, 0.4) is 0 Å². The number of piperazine rings is 1. The van der Waals surface area contributed by atoms with Gasteiger partial charge >= 0.3 is 6.03 Å². The van der Waals surface area contributed by atoms with E-state index in [0.29, 0.717) is 71.8 Å². The van der Waals surface area contributed by atoms with Gasteiger partial charge in [-0.2, -0.15) is 0 Å². The number of rotatable bonds is 19. The third-order valence-corrected chi connectivity index (χ3v) is 16.8. The monoisotopic (exact) mass is 1150 g/mol. The molecule has 11 rings (SSSR count). The molecule has 0 spiro atoms. The number of pyridine rings is 2. The predicted molar refractivity (Wildman–Crippen MR) is 325 cm³/mol. The van der Waals surface area contributed by atoms with Crippen molar-refractivity contribution < 1.29 is 29.0 Å². The number of aliphatic hydroxyl groups is 1. The summed E-state index contributed by atoms with van der Waals surface area (Å²) in [6, 6.07) is 41.9. The second-order valence-electron chi connectivity index (χ2n) is 22.1. The fourth-order valence-corrected chi connectivity index (χ4v) is 12.4. The van der Waals surface area contributed by atoms with Crippen LogP contribution in [0.1, 0.15) is 96.7 Å². The fraction of sp³-hybridized carbons (Fsp3) is 0.333. The van der Waals surface area contributed by atoms with Crippen molar-refractivity contribution in [2.24, 2.45) is 10.9 Å². The molecular weight excluding hydrogens is 1090 g/mol. The topological polar surface area (TPSA) is 165 Å². The van der Waals surface area contributed by atoms with E-state index < -0.39 is 12.1 Å². The molecule has 4 aliphatic rings. The average molecular weight is 1160 g/mol. The number of hydrogen-bond donors (Lipinski definition) is 3. The lowest BCUT2D eigenvalue weighted by Gasteiger charge is -2.39. The maximum Gasteiger partial charge on any atom is 0.326 e. The predicted octanol–water partition coefficient (Wildman–Crippen LogP) is 12.0. The van der Waals surface area contributed by atoms with Crippen LogP contribution in [-0.2, 0) is 29.0 Å². The van der Waals surface area contributed by atoms with Gasteiger partial charge in [0.15, 0.2) is 0 Å². The van der Waals surface area contributed by atoms with E-state index in [9.17, 15) is 14.7 Å². The van der Waals surface area contributed by atoms with Gasteiger partial charge in [0.1, 0.15) is 29.9 Å². The molecule has 4 aliphatic heterocycles. The number of amidine groups is 1. The van der Waals surface area contributed by atoms with E-state index >= 15 is 4.79 Å². The molecule has 3 N–H and O–H groups in total. The Kier molecular flexibility index (Phi) is 17.7. The second-order valence-corrected chi connectivity index (χ2v) is 23.0. The first-order chi connectivity index (χ1) is 40.4. The molecule has 5 aromatic carbocycles. The summed E-state index contributed by atoms with van der Waals surface area (Å²) in [7, 11) is 1.59. The van der Waals surface area contributed by atoms with Gasteiger partial charge in [-0.25, -0.2) is 4.79 Å². The van der Waals surface area contributed by atoms with E-state index in [1.54, 1.807) is 23.0 Å². The number of nitrogens with one attached hydrogen (secondary N) is 2. The number of methoxy groups -OCH3 is 1. The number of hydrogen-bond acceptors (Lipinski definition) is 11. The summed E-state index contributed by atoms with van der Waals surface area (Å²) in [6.07, 6.45) is 9.49. The zero-order chi connectivity index (χ0) is 57.6. The van der Waals surface area contributed by atoms with Crippen molar-refractivity contribution in [2.45, 2.75) is 89.2 Å². The number of nitrogens with zero attached hydrogens (tertiary/aromatic N) is 7. The number of urea groups is 1. The number of aromatic nitrogens is 2. The summed E-state index contributed by atoms with van der Waals surface area (Å²) in [5.74, 6) is 1.63. The van der Waals surface area contributed by atoms with Crippen LogP contribution in [0.5, 0.6) is 11.5 Å². The Morgan fingerprint density at radius 2 is 1.58 bits per heavy atom. The molecule has 2 saturated heterocycles. The number of aliphatic imine (C=N–C) groups is 1. The molecule has 7 aromatic rings. The molecule has 0 aliphatic carbocycles. The summed E-state index contributed by atoms with van der Waals surface area (Å²) in [5.41, 5.74) is 10.6. The highest BCUT2D eigenvalue weighted by Crippen LogP contribution is 2.49. The highest BCUT2D eigenvalue weighted by atomic mass is 35.5. The maximum absolute atomic E-state index is 15.2. The standard InChI is InChI=1S/C66H69Cl2N9O6/c1-42(2)83-59-37-53(82-3)23-24-55(59)65-73-62(45-13-18-49(67)19-14-45)63(46-15-20-50(68)21-16-46)77(65)66(81)76-34-33-74(61(80)40-76)31-6-7-43-12-22-51(70-38-43)9-5-11-60(79)71-52-10-4-8-47(35-52)48-17-25-57-56(36-48)64-54(58(41-78)72-57)28-32-75(64)39-44-26-29-69-30-27-44/h4,8,10,12-27,29-30,35-38,42,54,58,62-64,72,78H,5-7,9,11,28,31-34,39-41H2,1-3H3,(H,71,79)/t54-,58-,62-,63+,64-/m1/s1. The largest absolute Gasteiger partial charge is 0.497 e. The van der Waals surface area contributed by atoms with Crippen molar-refractivity contribution in [3.05, 3.63) is 201 Å². The van der Waals surface area contributed by atoms with Crippen molar-refractivity contribution in [1.29, 1.82) is 0 Å². The minimum absolute atomic E-state index is 0.00328. The van der Waals surface area contributed by atoms with Crippen LogP contribution in [-0.4, -0.2) is 117 Å². The van der Waals surface area contributed by atoms with Crippen LogP contribution in [0, 0.1) is 5.92 Å². The number of aliphatic hydroxyl groups excluding tert-OH is 1. The van der Waals surface area contributed by atoms with Crippen molar-refractivity contribution >= 4 is 58.3 Å². The summed E-state index contributed by atoms with van der Waals surface area (Å²) < 4.78 is 11.9. The number of anilines is 2. The Morgan fingerprint density at radius 1 is 0.807 bits per heavy atom. The van der Waals surface area contributed by atoms with Gasteiger partial charge in [0, 0.05) is 96.3 Å². The normalized spacial score (nSPS) is 19.5. The van der Waals surface area contributed by atoms with Crippen LogP contribution in [0.2, 0.25) is 10.0 Å². The van der Waals surface area contributed by atoms with E-state index in [0.717, 1.165) is 77.2 Å². The average Bonchev–Trinajstić information content (AvgIpc) is 3.75. The molecule has 428 valence electrons. The second kappa shape index (κ2) is 25.8. The SMILES string of the molecule is COc1ccc(C2=N[C@H](c3ccc(Cl)cc3)[C@H](c3ccc(Cl)cc3)N2C(=O)N2CCN(CCCc3ccc(CCCC(=O)Nc4cccc(-c5ccc6c(c5)[C@H]5[C@H](CCN5Cc5ccncc5)[C@@H](CO)N6)c4)nc3)C(=O)C2)c(OC(C)C)c1. The highest BCUT2D eigenvalue weighted by Gasteiger charge is 2.46. The van der Waals surface area contributed by atoms with Crippen molar-refractivity contribution in [2.75, 3.05) is 57.1 Å². The van der Waals surface area contributed by atoms with Crippen molar-refractivity contribution in [3.8, 4) is 22.6 Å². The number of fused-ring (bicyclic) bond motifs is 3. The van der Waals surface area contributed by atoms with Gasteiger partial charge in [-0.05, 0) is 170 Å². The molecule has 0 bridgehead atoms. The van der Waals surface area contributed by atoms with Crippen molar-refractivity contribution in [1.82, 2.24) is 29.6 Å². The van der Waals surface area contributed by atoms with Gasteiger partial charge in [-0.3, -0.25) is 34.3 Å². The molecular formula is C66H69Cl2N9O6. The number of carbonyl (C=O) groups is 3. The van der Waals surface area contributed by atoms with E-state index in [-0.39, 0.29) is 55.1 Å². The third kappa shape index (κ3) is 13.0. The molecule has 0 radical (unpaired) electrons. The van der Waals surface area contributed by atoms with Gasteiger partial charge in [0.05, 0.1) is 37.5 Å². The lowest BCUT2D eigenvalue weighted by atomic mass is 9.82. The molecule has 2 fully saturated rings. The number of benzene rings is 5. The number of ether oxygens (including phenoxy) is 2. The molecule has 4 amide bonds. The molecule has 83 heavy (non-hydrogen) atoms. The van der Waals surface area contributed by atoms with Gasteiger partial charge in [-0.15, -0.1) is 0 Å². The van der Waals surface area contributed by atoms with Crippen LogP contribution < -0.4 is 20.1 Å². The van der Waals surface area contributed by atoms with Crippen LogP contribution in [0.25, 0.3) is 11.1 Å². The molecule has 17 heteroatoms. The Morgan fingerprint density at radius 3 is 2.30 bits per heavy atom. The molecule has 0 unspecified atom stereocenters. The minimum Gasteiger partial charge on any atom is -0.497 e. The van der Waals surface area contributed by atoms with Gasteiger partial charge < -0.3 is 35.0 Å². The van der Waals surface area contributed by atoms with E-state index in [4.69, 9.17) is 42.7 Å². The summed E-state index contributed by atoms with van der Waals surface area (Å²) in [6.45, 7) is 6.89. The quantitative estimate of drug-likeness (QED) is 0.0710. The lowest BCUT2D eigenvalue weighted by molar-refractivity contribution is -0.135. The number of likely N-dealkylation sites (tertiary alicyclic amines) is 1. The van der Waals surface area contributed by atoms with Crippen LogP contribution in [0.15, 0.2) is 157 Å². The molecule has 2 aromatic heterocycles. The first-order valence-electron chi connectivity index (χ1n) is 28.7. The molecule has 6 heterocycles. The van der Waals surface area contributed by atoms with Crippen LogP contribution >= 0.6 is 23.2 Å². The zero-order valence-corrected chi connectivity index (χ0v) is 48.5. The highest BCUT2D eigenvalue weighted by molar-refractivity contribution is 6.30. The number of carbonyl (C=O) groups excluding carboxylic acids is 3. The summed E-state index contributed by atoms with van der Waals surface area (Å²) in [5, 5.41) is 18.2. The van der Waals surface area contributed by atoms with Gasteiger partial charge in [-0.1, -0.05) is 71.7 Å². The smallest absolute Gasteiger partial charge is 0.326 e. The Balaban J connectivity index is 0.679. The maximum atomic E-state index is 15.2. The molecule has 5 atom stereocenters. The number of amides is 4. The van der Waals surface area contributed by atoms with E-state index in [1.165, 1.54) is 11.1 Å². The van der Waals surface area contributed by atoms with Crippen LogP contribution in [0.4, 0.5) is 16.2 Å². The Labute approximate surface area is 495 Å². The summed E-state index contributed by atoms with van der Waals surface area (Å²) >= 11 is 12.8. The third-order valence-electron chi connectivity index (χ3n) is 16.3.